The number of hydrogen-bond donors (Lipinski definition) is 2. The number of benzene rings is 1. The van der Waals surface area contributed by atoms with Crippen LogP contribution in [-0.2, 0) is 0 Å². The van der Waals surface area contributed by atoms with E-state index in [2.05, 4.69) is 20.2 Å². The number of hydrogen-bond acceptors (Lipinski definition) is 3. The second-order valence-electron chi connectivity index (χ2n) is 3.09. The zero-order valence-corrected chi connectivity index (χ0v) is 7.11. The van der Waals surface area contributed by atoms with Gasteiger partial charge in [-0.3, -0.25) is 0 Å². The van der Waals surface area contributed by atoms with Crippen molar-refractivity contribution in [1.29, 1.82) is 0 Å². The summed E-state index contributed by atoms with van der Waals surface area (Å²) in [5.74, 6) is 0. The zero-order chi connectivity index (χ0) is 9.54. The topological polar surface area (TPSA) is 74.4 Å². The van der Waals surface area contributed by atoms with E-state index in [0.717, 1.165) is 21.8 Å². The van der Waals surface area contributed by atoms with Crippen LogP contribution in [0.25, 0.3) is 21.8 Å². The van der Waals surface area contributed by atoms with Crippen molar-refractivity contribution >= 4 is 21.8 Å². The van der Waals surface area contributed by atoms with Crippen molar-refractivity contribution in [3.05, 3.63) is 35.0 Å². The monoisotopic (exact) mass is 186 g/mol. The molecule has 2 aromatic heterocycles. The molecular formula is C9H6N4O. The Kier molecular flexibility index (Phi) is 1.25. The van der Waals surface area contributed by atoms with E-state index >= 15 is 0 Å². The first kappa shape index (κ1) is 7.25. The summed E-state index contributed by atoms with van der Waals surface area (Å²) in [6.07, 6.45) is 3.33. The number of nitrogens with one attached hydrogen (secondary N) is 2. The number of rotatable bonds is 0. The van der Waals surface area contributed by atoms with Gasteiger partial charge in [-0.05, 0) is 12.1 Å². The number of H-pyrrole nitrogens is 2. The molecule has 0 amide bonds. The minimum Gasteiger partial charge on any atom is -0.306 e. The standard InChI is InChI=1S/C9H6N4O/c14-9-12-7-1-5-3-10-11-4-6(5)2-8(7)13-9/h1-4H,(H2,12,13,14). The summed E-state index contributed by atoms with van der Waals surface area (Å²) in [4.78, 5) is 16.4. The predicted octanol–water partition coefficient (Wildman–Crippen LogP) is 0.799. The first-order valence-corrected chi connectivity index (χ1v) is 4.15. The van der Waals surface area contributed by atoms with Crippen LogP contribution in [-0.4, -0.2) is 20.2 Å². The van der Waals surface area contributed by atoms with Crippen molar-refractivity contribution in [3.63, 3.8) is 0 Å². The second kappa shape index (κ2) is 2.41. The third-order valence-corrected chi connectivity index (χ3v) is 2.18. The van der Waals surface area contributed by atoms with Crippen LogP contribution in [0.5, 0.6) is 0 Å². The Balaban J connectivity index is 2.57. The van der Waals surface area contributed by atoms with Gasteiger partial charge in [-0.15, -0.1) is 0 Å². The Labute approximate surface area is 77.8 Å². The molecule has 68 valence electrons. The molecule has 3 aromatic rings. The Morgan fingerprint density at radius 1 is 0.929 bits per heavy atom. The minimum atomic E-state index is -0.198. The van der Waals surface area contributed by atoms with E-state index in [0.29, 0.717) is 0 Å². The fourth-order valence-electron chi connectivity index (χ4n) is 1.53. The van der Waals surface area contributed by atoms with Crippen molar-refractivity contribution in [2.75, 3.05) is 0 Å². The van der Waals surface area contributed by atoms with Crippen LogP contribution in [0.15, 0.2) is 29.3 Å². The van der Waals surface area contributed by atoms with Crippen LogP contribution in [0, 0.1) is 0 Å². The Hall–Kier alpha value is -2.17. The molecule has 0 spiro atoms. The summed E-state index contributed by atoms with van der Waals surface area (Å²) in [5.41, 5.74) is 1.38. The maximum atomic E-state index is 11.0. The maximum Gasteiger partial charge on any atom is 0.323 e. The lowest BCUT2D eigenvalue weighted by atomic mass is 10.2. The summed E-state index contributed by atoms with van der Waals surface area (Å²) in [6, 6.07) is 3.74. The van der Waals surface area contributed by atoms with Crippen LogP contribution in [0.3, 0.4) is 0 Å². The Morgan fingerprint density at radius 2 is 1.43 bits per heavy atom. The summed E-state index contributed by atoms with van der Waals surface area (Å²) < 4.78 is 0. The maximum absolute atomic E-state index is 11.0. The van der Waals surface area contributed by atoms with E-state index in [9.17, 15) is 4.79 Å². The number of aromatic nitrogens is 4. The summed E-state index contributed by atoms with van der Waals surface area (Å²) in [7, 11) is 0. The Morgan fingerprint density at radius 3 is 1.93 bits per heavy atom. The van der Waals surface area contributed by atoms with Crippen LogP contribution in [0.2, 0.25) is 0 Å². The molecule has 5 nitrogen and oxygen atoms in total. The summed E-state index contributed by atoms with van der Waals surface area (Å²) in [5, 5.41) is 9.47. The van der Waals surface area contributed by atoms with Crippen molar-refractivity contribution in [3.8, 4) is 0 Å². The van der Waals surface area contributed by atoms with Gasteiger partial charge in [0.15, 0.2) is 0 Å². The number of fused-ring (bicyclic) bond motifs is 2. The van der Waals surface area contributed by atoms with Gasteiger partial charge in [-0.1, -0.05) is 0 Å². The average Bonchev–Trinajstić information content (AvgIpc) is 2.53. The molecule has 0 bridgehead atoms. The molecule has 14 heavy (non-hydrogen) atoms. The normalized spacial score (nSPS) is 11.1. The van der Waals surface area contributed by atoms with Gasteiger partial charge in [0, 0.05) is 10.8 Å². The smallest absolute Gasteiger partial charge is 0.306 e. The molecule has 0 atom stereocenters. The first-order chi connectivity index (χ1) is 6.83. The minimum absolute atomic E-state index is 0.198. The van der Waals surface area contributed by atoms with Crippen LogP contribution in [0.4, 0.5) is 0 Å². The van der Waals surface area contributed by atoms with Crippen LogP contribution in [0.1, 0.15) is 0 Å². The summed E-state index contributed by atoms with van der Waals surface area (Å²) in [6.45, 7) is 0. The van der Waals surface area contributed by atoms with Crippen LogP contribution >= 0.6 is 0 Å². The lowest BCUT2D eigenvalue weighted by molar-refractivity contribution is 1.05. The molecule has 2 heterocycles. The van der Waals surface area contributed by atoms with Crippen molar-refractivity contribution in [2.45, 2.75) is 0 Å². The van der Waals surface area contributed by atoms with Gasteiger partial charge < -0.3 is 9.97 Å². The highest BCUT2D eigenvalue weighted by atomic mass is 16.1. The highest BCUT2D eigenvalue weighted by Crippen LogP contribution is 2.16. The summed E-state index contributed by atoms with van der Waals surface area (Å²) >= 11 is 0. The largest absolute Gasteiger partial charge is 0.323 e. The fourth-order valence-corrected chi connectivity index (χ4v) is 1.53. The van der Waals surface area contributed by atoms with Gasteiger partial charge in [-0.25, -0.2) is 4.79 Å². The van der Waals surface area contributed by atoms with Gasteiger partial charge in [-0.2, -0.15) is 10.2 Å². The van der Waals surface area contributed by atoms with E-state index in [1.54, 1.807) is 12.4 Å². The van der Waals surface area contributed by atoms with Gasteiger partial charge in [0.1, 0.15) is 0 Å². The third kappa shape index (κ3) is 0.922. The van der Waals surface area contributed by atoms with Gasteiger partial charge in [0.05, 0.1) is 23.4 Å². The van der Waals surface area contributed by atoms with E-state index in [-0.39, 0.29) is 5.69 Å². The zero-order valence-electron chi connectivity index (χ0n) is 7.11. The fraction of sp³-hybridized carbons (Fsp3) is 0. The third-order valence-electron chi connectivity index (χ3n) is 2.18. The molecule has 0 fully saturated rings. The van der Waals surface area contributed by atoms with Gasteiger partial charge >= 0.3 is 5.69 Å². The average molecular weight is 186 g/mol. The molecule has 3 rings (SSSR count). The van der Waals surface area contributed by atoms with Gasteiger partial charge in [0.25, 0.3) is 0 Å². The van der Waals surface area contributed by atoms with Gasteiger partial charge in [0.2, 0.25) is 0 Å². The SMILES string of the molecule is O=c1[nH]c2cc3cnncc3cc2[nH]1. The van der Waals surface area contributed by atoms with Crippen LogP contribution < -0.4 is 5.69 Å². The van der Waals surface area contributed by atoms with Crippen molar-refractivity contribution < 1.29 is 0 Å². The number of aromatic amines is 2. The molecule has 0 unspecified atom stereocenters. The molecule has 1 aromatic carbocycles. The predicted molar refractivity (Wildman–Crippen MR) is 52.0 cm³/mol. The molecule has 5 heteroatoms. The van der Waals surface area contributed by atoms with Crippen molar-refractivity contribution in [2.24, 2.45) is 0 Å². The lowest BCUT2D eigenvalue weighted by Crippen LogP contribution is -1.99. The molecule has 0 aliphatic heterocycles. The van der Waals surface area contributed by atoms with Crippen molar-refractivity contribution in [1.82, 2.24) is 20.2 Å². The highest BCUT2D eigenvalue weighted by Gasteiger charge is 2.00. The van der Waals surface area contributed by atoms with E-state index in [1.165, 1.54) is 0 Å². The first-order valence-electron chi connectivity index (χ1n) is 4.15. The molecular weight excluding hydrogens is 180 g/mol. The van der Waals surface area contributed by atoms with E-state index in [1.807, 2.05) is 12.1 Å². The Bertz CT molecular complexity index is 611. The molecule has 0 saturated heterocycles. The quantitative estimate of drug-likeness (QED) is 0.545. The molecule has 0 radical (unpaired) electrons. The highest BCUT2D eigenvalue weighted by molar-refractivity contribution is 5.93. The molecule has 0 aliphatic rings. The number of nitrogens with zero attached hydrogens (tertiary/aromatic N) is 2. The van der Waals surface area contributed by atoms with E-state index in [4.69, 9.17) is 0 Å². The lowest BCUT2D eigenvalue weighted by Gasteiger charge is -1.94. The van der Waals surface area contributed by atoms with E-state index < -0.39 is 0 Å². The second-order valence-corrected chi connectivity index (χ2v) is 3.09. The molecule has 0 saturated carbocycles. The number of imidazole rings is 1. The molecule has 2 N–H and O–H groups in total. The molecule has 0 aliphatic carbocycles.